The molecule has 2 aromatic rings. The number of hydrogen-bond acceptors (Lipinski definition) is 4. The van der Waals surface area contributed by atoms with Crippen LogP contribution in [0, 0.1) is 0 Å². The van der Waals surface area contributed by atoms with E-state index in [1.165, 1.54) is 0 Å². The Morgan fingerprint density at radius 3 is 2.33 bits per heavy atom. The number of amides is 1. The van der Waals surface area contributed by atoms with Crippen molar-refractivity contribution in [3.05, 3.63) is 48.0 Å². The topological polar surface area (TPSA) is 56.8 Å². The largest absolute Gasteiger partial charge is 0.497 e. The third kappa shape index (κ3) is 2.89. The minimum absolute atomic E-state index is 0.0111. The summed E-state index contributed by atoms with van der Waals surface area (Å²) < 4.78 is 15.8. The molecule has 0 bridgehead atoms. The number of methoxy groups -OCH3 is 3. The van der Waals surface area contributed by atoms with E-state index in [4.69, 9.17) is 14.2 Å². The molecule has 3 rings (SSSR count). The standard InChI is InChI=1S/C19H21NO4/c1-22-15-6-4-5-14(12-15)20-18(21)19(9-10-19)13-7-8-16(23-2)17(11-13)24-3/h4-8,11-12H,9-10H2,1-3H3,(H,20,21). The summed E-state index contributed by atoms with van der Waals surface area (Å²) in [4.78, 5) is 12.8. The van der Waals surface area contributed by atoms with Gasteiger partial charge in [-0.1, -0.05) is 12.1 Å². The minimum Gasteiger partial charge on any atom is -0.497 e. The van der Waals surface area contributed by atoms with Gasteiger partial charge in [0.15, 0.2) is 11.5 Å². The Morgan fingerprint density at radius 2 is 1.71 bits per heavy atom. The van der Waals surface area contributed by atoms with Crippen LogP contribution in [0.4, 0.5) is 5.69 Å². The van der Waals surface area contributed by atoms with E-state index in [1.807, 2.05) is 42.5 Å². The molecule has 0 aliphatic heterocycles. The number of nitrogens with one attached hydrogen (secondary N) is 1. The lowest BCUT2D eigenvalue weighted by molar-refractivity contribution is -0.118. The molecule has 0 unspecified atom stereocenters. The number of rotatable bonds is 6. The van der Waals surface area contributed by atoms with Crippen LogP contribution in [0.3, 0.4) is 0 Å². The van der Waals surface area contributed by atoms with Crippen molar-refractivity contribution < 1.29 is 19.0 Å². The average molecular weight is 327 g/mol. The first-order valence-corrected chi connectivity index (χ1v) is 7.81. The molecule has 1 amide bonds. The van der Waals surface area contributed by atoms with Crippen molar-refractivity contribution in [2.75, 3.05) is 26.6 Å². The van der Waals surface area contributed by atoms with E-state index in [0.717, 1.165) is 24.1 Å². The third-order valence-electron chi connectivity index (χ3n) is 4.45. The molecule has 0 saturated heterocycles. The summed E-state index contributed by atoms with van der Waals surface area (Å²) in [5.74, 6) is 1.99. The molecule has 5 nitrogen and oxygen atoms in total. The second-order valence-electron chi connectivity index (χ2n) is 5.84. The van der Waals surface area contributed by atoms with Crippen molar-refractivity contribution in [1.82, 2.24) is 0 Å². The SMILES string of the molecule is COc1cccc(NC(=O)C2(c3ccc(OC)c(OC)c3)CC2)c1. The highest BCUT2D eigenvalue weighted by Gasteiger charge is 2.51. The zero-order valence-electron chi connectivity index (χ0n) is 14.1. The Balaban J connectivity index is 1.84. The molecule has 1 aliphatic rings. The minimum atomic E-state index is -0.497. The van der Waals surface area contributed by atoms with Crippen molar-refractivity contribution in [2.24, 2.45) is 0 Å². The maximum absolute atomic E-state index is 12.8. The Kier molecular flexibility index (Phi) is 4.34. The molecule has 0 radical (unpaired) electrons. The molecule has 1 fully saturated rings. The van der Waals surface area contributed by atoms with Crippen LogP contribution < -0.4 is 19.5 Å². The highest BCUT2D eigenvalue weighted by molar-refractivity contribution is 6.01. The number of benzene rings is 2. The lowest BCUT2D eigenvalue weighted by atomic mass is 9.94. The molecule has 0 atom stereocenters. The number of carbonyl (C=O) groups excluding carboxylic acids is 1. The fourth-order valence-corrected chi connectivity index (χ4v) is 2.86. The number of anilines is 1. The van der Waals surface area contributed by atoms with Gasteiger partial charge in [-0.05, 0) is 42.7 Å². The van der Waals surface area contributed by atoms with Crippen LogP contribution in [-0.4, -0.2) is 27.2 Å². The van der Waals surface area contributed by atoms with Crippen LogP contribution in [0.1, 0.15) is 18.4 Å². The molecule has 5 heteroatoms. The first-order valence-electron chi connectivity index (χ1n) is 7.81. The maximum Gasteiger partial charge on any atom is 0.235 e. The lowest BCUT2D eigenvalue weighted by Gasteiger charge is -2.18. The zero-order chi connectivity index (χ0) is 17.2. The second kappa shape index (κ2) is 6.43. The fraction of sp³-hybridized carbons (Fsp3) is 0.316. The van der Waals surface area contributed by atoms with Crippen LogP contribution in [0.25, 0.3) is 0 Å². The van der Waals surface area contributed by atoms with Crippen LogP contribution >= 0.6 is 0 Å². The van der Waals surface area contributed by atoms with Gasteiger partial charge in [-0.15, -0.1) is 0 Å². The van der Waals surface area contributed by atoms with E-state index >= 15 is 0 Å². The van der Waals surface area contributed by atoms with E-state index in [9.17, 15) is 4.79 Å². The van der Waals surface area contributed by atoms with E-state index in [1.54, 1.807) is 21.3 Å². The molecule has 2 aromatic carbocycles. The summed E-state index contributed by atoms with van der Waals surface area (Å²) in [6, 6.07) is 13.0. The maximum atomic E-state index is 12.8. The van der Waals surface area contributed by atoms with Crippen LogP contribution in [-0.2, 0) is 10.2 Å². The Bertz CT molecular complexity index is 753. The van der Waals surface area contributed by atoms with E-state index in [0.29, 0.717) is 17.2 Å². The summed E-state index contributed by atoms with van der Waals surface area (Å²) >= 11 is 0. The number of carbonyl (C=O) groups is 1. The normalized spacial score (nSPS) is 14.6. The molecular weight excluding hydrogens is 306 g/mol. The highest BCUT2D eigenvalue weighted by atomic mass is 16.5. The van der Waals surface area contributed by atoms with Gasteiger partial charge in [0.1, 0.15) is 5.75 Å². The second-order valence-corrected chi connectivity index (χ2v) is 5.84. The van der Waals surface area contributed by atoms with Crippen LogP contribution in [0.5, 0.6) is 17.2 Å². The van der Waals surface area contributed by atoms with Gasteiger partial charge < -0.3 is 19.5 Å². The van der Waals surface area contributed by atoms with E-state index < -0.39 is 5.41 Å². The van der Waals surface area contributed by atoms with Gasteiger partial charge in [0.25, 0.3) is 0 Å². The number of hydrogen-bond donors (Lipinski definition) is 1. The van der Waals surface area contributed by atoms with Crippen molar-refractivity contribution in [2.45, 2.75) is 18.3 Å². The average Bonchev–Trinajstić information content (AvgIpc) is 3.43. The lowest BCUT2D eigenvalue weighted by Crippen LogP contribution is -2.27. The van der Waals surface area contributed by atoms with Gasteiger partial charge in [-0.3, -0.25) is 4.79 Å². The van der Waals surface area contributed by atoms with Crippen molar-refractivity contribution in [1.29, 1.82) is 0 Å². The molecule has 126 valence electrons. The van der Waals surface area contributed by atoms with Gasteiger partial charge >= 0.3 is 0 Å². The van der Waals surface area contributed by atoms with Crippen LogP contribution in [0.15, 0.2) is 42.5 Å². The van der Waals surface area contributed by atoms with Gasteiger partial charge in [-0.2, -0.15) is 0 Å². The van der Waals surface area contributed by atoms with Gasteiger partial charge in [0, 0.05) is 11.8 Å². The molecule has 0 heterocycles. The zero-order valence-corrected chi connectivity index (χ0v) is 14.1. The predicted molar refractivity (Wildman–Crippen MR) is 92.1 cm³/mol. The van der Waals surface area contributed by atoms with Gasteiger partial charge in [-0.25, -0.2) is 0 Å². The van der Waals surface area contributed by atoms with Crippen LogP contribution in [0.2, 0.25) is 0 Å². The summed E-state index contributed by atoms with van der Waals surface area (Å²) in [5, 5.41) is 2.99. The van der Waals surface area contributed by atoms with Gasteiger partial charge in [0.2, 0.25) is 5.91 Å². The Morgan fingerprint density at radius 1 is 0.958 bits per heavy atom. The summed E-state index contributed by atoms with van der Waals surface area (Å²) in [6.07, 6.45) is 1.64. The van der Waals surface area contributed by atoms with Crippen molar-refractivity contribution in [3.63, 3.8) is 0 Å². The molecule has 1 saturated carbocycles. The molecular formula is C19H21NO4. The Labute approximate surface area is 141 Å². The number of ether oxygens (including phenoxy) is 3. The predicted octanol–water partition coefficient (Wildman–Crippen LogP) is 3.38. The fourth-order valence-electron chi connectivity index (χ4n) is 2.86. The molecule has 24 heavy (non-hydrogen) atoms. The van der Waals surface area contributed by atoms with Crippen molar-refractivity contribution in [3.8, 4) is 17.2 Å². The summed E-state index contributed by atoms with van der Waals surface area (Å²) in [6.45, 7) is 0. The quantitative estimate of drug-likeness (QED) is 0.884. The van der Waals surface area contributed by atoms with E-state index in [2.05, 4.69) is 5.32 Å². The third-order valence-corrected chi connectivity index (χ3v) is 4.45. The molecule has 1 N–H and O–H groups in total. The molecule has 1 aliphatic carbocycles. The first-order chi connectivity index (χ1) is 11.6. The van der Waals surface area contributed by atoms with Crippen molar-refractivity contribution >= 4 is 11.6 Å². The highest BCUT2D eigenvalue weighted by Crippen LogP contribution is 2.50. The molecule has 0 aromatic heterocycles. The summed E-state index contributed by atoms with van der Waals surface area (Å²) in [5.41, 5.74) is 1.18. The smallest absolute Gasteiger partial charge is 0.235 e. The summed E-state index contributed by atoms with van der Waals surface area (Å²) in [7, 11) is 4.80. The molecule has 0 spiro atoms. The first kappa shape index (κ1) is 16.2. The monoisotopic (exact) mass is 327 g/mol. The van der Waals surface area contributed by atoms with E-state index in [-0.39, 0.29) is 5.91 Å². The Hall–Kier alpha value is -2.69. The van der Waals surface area contributed by atoms with Gasteiger partial charge in [0.05, 0.1) is 26.7 Å².